The van der Waals surface area contributed by atoms with E-state index < -0.39 is 21.8 Å². The highest BCUT2D eigenvalue weighted by molar-refractivity contribution is 7.94. The van der Waals surface area contributed by atoms with Gasteiger partial charge in [-0.2, -0.15) is 13.2 Å². The van der Waals surface area contributed by atoms with E-state index in [1.807, 2.05) is 0 Å². The summed E-state index contributed by atoms with van der Waals surface area (Å²) >= 11 is 1.12. The van der Waals surface area contributed by atoms with E-state index >= 15 is 0 Å². The number of hydrogen-bond acceptors (Lipinski definition) is 6. The van der Waals surface area contributed by atoms with Gasteiger partial charge in [0.1, 0.15) is 10.0 Å². The second-order valence-electron chi connectivity index (χ2n) is 6.97. The van der Waals surface area contributed by atoms with Crippen molar-refractivity contribution in [3.63, 3.8) is 0 Å². The minimum Gasteiger partial charge on any atom is -0.370 e. The first kappa shape index (κ1) is 24.5. The molecule has 3 N–H and O–H groups in total. The topological polar surface area (TPSA) is 100 Å². The summed E-state index contributed by atoms with van der Waals surface area (Å²) in [5.41, 5.74) is 0.308. The molecule has 0 aliphatic rings. The summed E-state index contributed by atoms with van der Waals surface area (Å²) in [6, 6.07) is 11.9. The van der Waals surface area contributed by atoms with Gasteiger partial charge >= 0.3 is 6.18 Å². The number of pyridine rings is 1. The zero-order valence-corrected chi connectivity index (χ0v) is 18.9. The summed E-state index contributed by atoms with van der Waals surface area (Å²) in [6.07, 6.45) is -2.97. The predicted molar refractivity (Wildman–Crippen MR) is 121 cm³/mol. The van der Waals surface area contributed by atoms with E-state index in [2.05, 4.69) is 20.3 Å². The van der Waals surface area contributed by atoms with Gasteiger partial charge in [-0.05, 0) is 47.7 Å². The molecule has 0 spiro atoms. The summed E-state index contributed by atoms with van der Waals surface area (Å²) < 4.78 is 64.7. The van der Waals surface area contributed by atoms with E-state index in [0.29, 0.717) is 31.0 Å². The van der Waals surface area contributed by atoms with Crippen LogP contribution in [-0.4, -0.2) is 32.4 Å². The number of hydrogen-bond donors (Lipinski definition) is 3. The highest BCUT2D eigenvalue weighted by atomic mass is 32.2. The van der Waals surface area contributed by atoms with Crippen molar-refractivity contribution in [3.8, 4) is 0 Å². The van der Waals surface area contributed by atoms with E-state index in [9.17, 15) is 26.4 Å². The van der Waals surface area contributed by atoms with Gasteiger partial charge < -0.3 is 10.6 Å². The molecule has 0 aliphatic carbocycles. The second kappa shape index (κ2) is 10.7. The van der Waals surface area contributed by atoms with E-state index in [4.69, 9.17) is 0 Å². The van der Waals surface area contributed by atoms with E-state index in [0.717, 1.165) is 29.2 Å². The van der Waals surface area contributed by atoms with Crippen LogP contribution in [-0.2, 0) is 27.4 Å². The van der Waals surface area contributed by atoms with Crippen molar-refractivity contribution in [2.24, 2.45) is 0 Å². The maximum atomic E-state index is 12.5. The molecule has 176 valence electrons. The number of amides is 1. The van der Waals surface area contributed by atoms with Crippen molar-refractivity contribution in [2.45, 2.75) is 23.2 Å². The molecule has 3 rings (SSSR count). The van der Waals surface area contributed by atoms with Crippen molar-refractivity contribution in [1.29, 1.82) is 0 Å². The number of carbonyl (C=O) groups excluding carboxylic acids is 1. The van der Waals surface area contributed by atoms with Crippen LogP contribution < -0.4 is 15.4 Å². The molecular weight excluding hydrogens is 477 g/mol. The number of benzene rings is 1. The lowest BCUT2D eigenvalue weighted by Gasteiger charge is -2.10. The monoisotopic (exact) mass is 498 g/mol. The van der Waals surface area contributed by atoms with Crippen molar-refractivity contribution < 1.29 is 26.4 Å². The number of carbonyl (C=O) groups is 1. The number of alkyl halides is 3. The number of thiophene rings is 1. The molecule has 3 aromatic rings. The zero-order chi connectivity index (χ0) is 23.9. The lowest BCUT2D eigenvalue weighted by Crippen LogP contribution is -2.27. The molecule has 0 saturated carbocycles. The van der Waals surface area contributed by atoms with Gasteiger partial charge in [-0.3, -0.25) is 9.52 Å². The van der Waals surface area contributed by atoms with Crippen molar-refractivity contribution >= 4 is 38.8 Å². The molecule has 0 atom stereocenters. The van der Waals surface area contributed by atoms with Gasteiger partial charge in [-0.15, -0.1) is 11.3 Å². The molecular formula is C21H21F3N4O3S2. The number of sulfonamides is 1. The fourth-order valence-corrected chi connectivity index (χ4v) is 4.81. The Morgan fingerprint density at radius 1 is 1.03 bits per heavy atom. The molecule has 1 aromatic carbocycles. The number of aromatic nitrogens is 1. The minimum atomic E-state index is -4.42. The Morgan fingerprint density at radius 3 is 2.39 bits per heavy atom. The number of nitrogens with one attached hydrogen (secondary N) is 3. The van der Waals surface area contributed by atoms with Gasteiger partial charge in [0.25, 0.3) is 10.0 Å². The first-order valence-electron chi connectivity index (χ1n) is 9.82. The molecule has 33 heavy (non-hydrogen) atoms. The van der Waals surface area contributed by atoms with Gasteiger partial charge in [-0.25, -0.2) is 13.4 Å². The second-order valence-corrected chi connectivity index (χ2v) is 9.83. The fourth-order valence-electron chi connectivity index (χ4n) is 2.76. The van der Waals surface area contributed by atoms with Crippen LogP contribution in [0.2, 0.25) is 0 Å². The molecule has 1 amide bonds. The number of halogens is 3. The van der Waals surface area contributed by atoms with Crippen LogP contribution in [0.15, 0.2) is 64.3 Å². The van der Waals surface area contributed by atoms with E-state index in [1.54, 1.807) is 35.7 Å². The quantitative estimate of drug-likeness (QED) is 0.365. The Kier molecular flexibility index (Phi) is 7.92. The summed E-state index contributed by atoms with van der Waals surface area (Å²) in [6.45, 7) is 0.808. The molecule has 0 aliphatic heterocycles. The molecule has 0 radical (unpaired) electrons. The SMILES string of the molecule is O=C(Cc1ccc(NS(=O)(=O)c2cccs2)cc1)NCCCNc1ccc(C(F)(F)F)cn1. The smallest absolute Gasteiger partial charge is 0.370 e. The largest absolute Gasteiger partial charge is 0.417 e. The summed E-state index contributed by atoms with van der Waals surface area (Å²) in [4.78, 5) is 15.8. The third-order valence-electron chi connectivity index (χ3n) is 4.40. The van der Waals surface area contributed by atoms with E-state index in [-0.39, 0.29) is 16.5 Å². The highest BCUT2D eigenvalue weighted by Gasteiger charge is 2.30. The molecule has 0 bridgehead atoms. The summed E-state index contributed by atoms with van der Waals surface area (Å²) in [7, 11) is -3.62. The maximum Gasteiger partial charge on any atom is 0.417 e. The highest BCUT2D eigenvalue weighted by Crippen LogP contribution is 2.28. The van der Waals surface area contributed by atoms with Gasteiger partial charge in [0.2, 0.25) is 5.91 Å². The van der Waals surface area contributed by atoms with Gasteiger partial charge in [0.05, 0.1) is 12.0 Å². The van der Waals surface area contributed by atoms with Crippen LogP contribution in [0, 0.1) is 0 Å². The molecule has 12 heteroatoms. The van der Waals surface area contributed by atoms with Crippen LogP contribution in [0.4, 0.5) is 24.7 Å². The molecule has 2 heterocycles. The summed E-state index contributed by atoms with van der Waals surface area (Å²) in [5, 5.41) is 7.33. The number of nitrogens with zero attached hydrogens (tertiary/aromatic N) is 1. The minimum absolute atomic E-state index is 0.131. The number of anilines is 2. The van der Waals surface area contributed by atoms with Crippen LogP contribution >= 0.6 is 11.3 Å². The first-order chi connectivity index (χ1) is 15.6. The Labute approximate surface area is 193 Å². The Bertz CT molecular complexity index is 1150. The summed E-state index contributed by atoms with van der Waals surface area (Å²) in [5.74, 6) is 0.124. The predicted octanol–water partition coefficient (Wildman–Crippen LogP) is 4.12. The van der Waals surface area contributed by atoms with Crippen LogP contribution in [0.3, 0.4) is 0 Å². The van der Waals surface area contributed by atoms with Crippen LogP contribution in [0.5, 0.6) is 0 Å². The van der Waals surface area contributed by atoms with Crippen molar-refractivity contribution in [2.75, 3.05) is 23.1 Å². The Hall–Kier alpha value is -3.12. The lowest BCUT2D eigenvalue weighted by molar-refractivity contribution is -0.137. The molecule has 0 unspecified atom stereocenters. The maximum absolute atomic E-state index is 12.5. The van der Waals surface area contributed by atoms with Gasteiger partial charge in [-0.1, -0.05) is 18.2 Å². The van der Waals surface area contributed by atoms with Crippen LogP contribution in [0.1, 0.15) is 17.5 Å². The average Bonchev–Trinajstić information content (AvgIpc) is 3.31. The van der Waals surface area contributed by atoms with Crippen LogP contribution in [0.25, 0.3) is 0 Å². The zero-order valence-electron chi connectivity index (χ0n) is 17.2. The Morgan fingerprint density at radius 2 is 1.79 bits per heavy atom. The molecule has 7 nitrogen and oxygen atoms in total. The van der Waals surface area contributed by atoms with Crippen molar-refractivity contribution in [3.05, 3.63) is 71.2 Å². The Balaban J connectivity index is 1.37. The normalized spacial score (nSPS) is 11.7. The third-order valence-corrected chi connectivity index (χ3v) is 7.18. The van der Waals surface area contributed by atoms with Crippen molar-refractivity contribution in [1.82, 2.24) is 10.3 Å². The molecule has 2 aromatic heterocycles. The number of rotatable bonds is 10. The molecule has 0 fully saturated rings. The van der Waals surface area contributed by atoms with Gasteiger partial charge in [0.15, 0.2) is 0 Å². The standard InChI is InChI=1S/C21H21F3N4O3S2/c22-21(23,24)16-6-9-18(27-14-16)25-10-2-11-26-19(29)13-15-4-7-17(8-5-15)28-33(30,31)20-3-1-12-32-20/h1,3-9,12,14,28H,2,10-11,13H2,(H,25,27)(H,26,29). The molecule has 0 saturated heterocycles. The average molecular weight is 499 g/mol. The fraction of sp³-hybridized carbons (Fsp3) is 0.238. The van der Waals surface area contributed by atoms with Gasteiger partial charge in [0, 0.05) is 25.0 Å². The lowest BCUT2D eigenvalue weighted by atomic mass is 10.1. The van der Waals surface area contributed by atoms with E-state index in [1.165, 1.54) is 12.1 Å². The first-order valence-corrected chi connectivity index (χ1v) is 12.2. The third kappa shape index (κ3) is 7.46.